The maximum absolute atomic E-state index is 7.09. The summed E-state index contributed by atoms with van der Waals surface area (Å²) in [5.41, 5.74) is 6.90. The smallest absolute Gasteiger partial charge is 0.310 e. The van der Waals surface area contributed by atoms with Crippen LogP contribution >= 0.6 is 8.16 Å². The highest BCUT2D eigenvalue weighted by Crippen LogP contribution is 2.49. The van der Waals surface area contributed by atoms with Gasteiger partial charge in [0.2, 0.25) is 0 Å². The fourth-order valence-corrected chi connectivity index (χ4v) is 7.74. The maximum Gasteiger partial charge on any atom is 0.310 e. The number of hydrogen-bond donors (Lipinski definition) is 0. The number of rotatable bonds is 5. The van der Waals surface area contributed by atoms with Gasteiger partial charge in [0, 0.05) is 23.0 Å². The van der Waals surface area contributed by atoms with Crippen LogP contribution < -0.4 is 4.67 Å². The zero-order valence-electron chi connectivity index (χ0n) is 23.3. The lowest BCUT2D eigenvalue weighted by atomic mass is 9.94. The summed E-state index contributed by atoms with van der Waals surface area (Å²) in [5.74, 6) is 0.863. The van der Waals surface area contributed by atoms with Crippen molar-refractivity contribution in [3.63, 3.8) is 0 Å². The van der Waals surface area contributed by atoms with Crippen LogP contribution in [0.15, 0.2) is 136 Å². The van der Waals surface area contributed by atoms with E-state index in [1.807, 2.05) is 0 Å². The van der Waals surface area contributed by atoms with Gasteiger partial charge in [0.1, 0.15) is 11.3 Å². The van der Waals surface area contributed by atoms with Crippen LogP contribution in [0.25, 0.3) is 38.9 Å². The highest BCUT2D eigenvalue weighted by Gasteiger charge is 2.30. The molecule has 1 aliphatic rings. The molecular formula is C37H32NO2P. The Morgan fingerprint density at radius 1 is 0.659 bits per heavy atom. The summed E-state index contributed by atoms with van der Waals surface area (Å²) in [7, 11) is -1.55. The molecule has 0 radical (unpaired) electrons. The molecule has 41 heavy (non-hydrogen) atoms. The van der Waals surface area contributed by atoms with Gasteiger partial charge < -0.3 is 8.39 Å². The van der Waals surface area contributed by atoms with Crippen molar-refractivity contribution in [1.29, 1.82) is 0 Å². The second-order valence-corrected chi connectivity index (χ2v) is 11.9. The lowest BCUT2D eigenvalue weighted by Gasteiger charge is -2.31. The molecule has 0 N–H and O–H groups in total. The van der Waals surface area contributed by atoms with Crippen LogP contribution in [-0.4, -0.2) is 0 Å². The summed E-state index contributed by atoms with van der Waals surface area (Å²) < 4.78 is 16.6. The minimum absolute atomic E-state index is 0.0469. The number of nitrogens with zero attached hydrogens (tertiary/aromatic N) is 1. The maximum atomic E-state index is 7.09. The molecule has 7 rings (SSSR count). The van der Waals surface area contributed by atoms with Gasteiger partial charge in [-0.25, -0.2) is 0 Å². The minimum atomic E-state index is -1.55. The fraction of sp³-hybridized carbons (Fsp3) is 0.135. The molecule has 3 unspecified atom stereocenters. The SMILES string of the molecule is CC(c1ccccc1)N(C(C)c1ccccc1)p1oc2c(c3c(ccc4ccccc43)o1)-c1ccccc1CC=C2. The van der Waals surface area contributed by atoms with Gasteiger partial charge in [-0.05, 0) is 65.4 Å². The summed E-state index contributed by atoms with van der Waals surface area (Å²) in [4.78, 5) is 0. The van der Waals surface area contributed by atoms with E-state index >= 15 is 0 Å². The quantitative estimate of drug-likeness (QED) is 0.213. The Hall–Kier alpha value is -4.30. The second-order valence-electron chi connectivity index (χ2n) is 10.6. The summed E-state index contributed by atoms with van der Waals surface area (Å²) in [6.45, 7) is 4.51. The Kier molecular flexibility index (Phi) is 6.84. The van der Waals surface area contributed by atoms with Crippen molar-refractivity contribution in [2.75, 3.05) is 4.67 Å². The van der Waals surface area contributed by atoms with Crippen molar-refractivity contribution in [2.45, 2.75) is 32.4 Å². The van der Waals surface area contributed by atoms with Crippen molar-refractivity contribution in [1.82, 2.24) is 0 Å². The van der Waals surface area contributed by atoms with Crippen LogP contribution in [0.4, 0.5) is 0 Å². The van der Waals surface area contributed by atoms with E-state index < -0.39 is 8.16 Å². The fourth-order valence-electron chi connectivity index (χ4n) is 6.04. The number of allylic oxidation sites excluding steroid dienone is 1. The predicted molar refractivity (Wildman–Crippen MR) is 172 cm³/mol. The third kappa shape index (κ3) is 4.72. The van der Waals surface area contributed by atoms with E-state index in [0.717, 1.165) is 28.7 Å². The van der Waals surface area contributed by atoms with Gasteiger partial charge in [-0.15, -0.1) is 0 Å². The van der Waals surface area contributed by atoms with Gasteiger partial charge >= 0.3 is 8.16 Å². The predicted octanol–water partition coefficient (Wildman–Crippen LogP) is 11.0. The van der Waals surface area contributed by atoms with E-state index in [-0.39, 0.29) is 12.1 Å². The largest absolute Gasteiger partial charge is 0.408 e. The summed E-state index contributed by atoms with van der Waals surface area (Å²) >= 11 is 0. The normalized spacial score (nSPS) is 14.4. The Morgan fingerprint density at radius 2 is 1.29 bits per heavy atom. The molecule has 0 bridgehead atoms. The molecular weight excluding hydrogens is 521 g/mol. The van der Waals surface area contributed by atoms with E-state index in [2.05, 4.69) is 152 Å². The second kappa shape index (κ2) is 10.9. The van der Waals surface area contributed by atoms with Crippen LogP contribution in [0.3, 0.4) is 0 Å². The van der Waals surface area contributed by atoms with E-state index in [1.165, 1.54) is 33.0 Å². The molecule has 0 fully saturated rings. The monoisotopic (exact) mass is 553 g/mol. The van der Waals surface area contributed by atoms with Crippen molar-refractivity contribution >= 4 is 36.0 Å². The van der Waals surface area contributed by atoms with Crippen molar-refractivity contribution in [3.8, 4) is 11.1 Å². The van der Waals surface area contributed by atoms with E-state index in [0.29, 0.717) is 0 Å². The number of benzene rings is 5. The first-order chi connectivity index (χ1) is 20.2. The first kappa shape index (κ1) is 25.7. The summed E-state index contributed by atoms with van der Waals surface area (Å²) in [6.07, 6.45) is 5.23. The third-order valence-electron chi connectivity index (χ3n) is 8.18. The Labute approximate surface area is 242 Å². The van der Waals surface area contributed by atoms with Gasteiger partial charge in [-0.3, -0.25) is 0 Å². The van der Waals surface area contributed by atoms with Crippen molar-refractivity contribution in [3.05, 3.63) is 150 Å². The van der Waals surface area contributed by atoms with Gasteiger partial charge in [0.15, 0.2) is 0 Å². The summed E-state index contributed by atoms with van der Waals surface area (Å²) in [5, 5.41) is 3.45. The van der Waals surface area contributed by atoms with Gasteiger partial charge in [0.05, 0.1) is 0 Å². The molecule has 4 heteroatoms. The van der Waals surface area contributed by atoms with Crippen molar-refractivity contribution < 1.29 is 8.39 Å². The molecule has 0 saturated heterocycles. The Morgan fingerprint density at radius 3 is 2.02 bits per heavy atom. The first-order valence-corrected chi connectivity index (χ1v) is 15.4. The van der Waals surface area contributed by atoms with Crippen LogP contribution in [0.2, 0.25) is 0 Å². The number of hydrogen-bond acceptors (Lipinski definition) is 3. The van der Waals surface area contributed by atoms with Gasteiger partial charge in [-0.2, -0.15) is 4.67 Å². The zero-order chi connectivity index (χ0) is 27.8. The molecule has 202 valence electrons. The van der Waals surface area contributed by atoms with Crippen LogP contribution in [0, 0.1) is 0 Å². The third-order valence-corrected chi connectivity index (χ3v) is 9.96. The first-order valence-electron chi connectivity index (χ1n) is 14.2. The van der Waals surface area contributed by atoms with Gasteiger partial charge in [0.25, 0.3) is 0 Å². The van der Waals surface area contributed by atoms with Crippen LogP contribution in [-0.2, 0) is 6.42 Å². The molecule has 0 spiro atoms. The number of fused-ring (bicyclic) bond motifs is 7. The Bertz CT molecular complexity index is 1870. The van der Waals surface area contributed by atoms with Crippen LogP contribution in [0.1, 0.15) is 48.4 Å². The average molecular weight is 554 g/mol. The topological polar surface area (TPSA) is 29.5 Å². The highest BCUT2D eigenvalue weighted by atomic mass is 31.1. The van der Waals surface area contributed by atoms with E-state index in [4.69, 9.17) is 8.39 Å². The zero-order valence-corrected chi connectivity index (χ0v) is 24.2. The van der Waals surface area contributed by atoms with Crippen molar-refractivity contribution in [2.24, 2.45) is 0 Å². The molecule has 1 aromatic heterocycles. The highest BCUT2D eigenvalue weighted by molar-refractivity contribution is 7.38. The van der Waals surface area contributed by atoms with E-state index in [1.54, 1.807) is 0 Å². The molecule has 6 aromatic rings. The lowest BCUT2D eigenvalue weighted by molar-refractivity contribution is 0.541. The molecule has 5 aromatic carbocycles. The molecule has 0 saturated carbocycles. The molecule has 3 atom stereocenters. The Balaban J connectivity index is 1.57. The molecule has 0 amide bonds. The molecule has 1 aliphatic carbocycles. The molecule has 3 nitrogen and oxygen atoms in total. The lowest BCUT2D eigenvalue weighted by Crippen LogP contribution is -2.27. The van der Waals surface area contributed by atoms with E-state index in [9.17, 15) is 0 Å². The minimum Gasteiger partial charge on any atom is -0.408 e. The molecule has 1 heterocycles. The average Bonchev–Trinajstić information content (AvgIpc) is 3.30. The van der Waals surface area contributed by atoms with Gasteiger partial charge in [-0.1, -0.05) is 121 Å². The molecule has 0 aliphatic heterocycles. The summed E-state index contributed by atoms with van der Waals surface area (Å²) in [6, 6.07) is 42.9. The van der Waals surface area contributed by atoms with Crippen LogP contribution in [0.5, 0.6) is 0 Å². The standard InChI is InChI=1S/C37H32NO2P/c1-26(28-14-5-3-6-15-28)38(27(2)29-16-7-4-8-17-29)41-39-34-23-13-20-30-18-9-11-21-32(30)36(34)37-33-22-12-10-19-31(33)24-25-35(37)40-41/h3-19,21-27H,20H2,1-2H3.